The van der Waals surface area contributed by atoms with Crippen molar-refractivity contribution in [2.24, 2.45) is 0 Å². The number of amides is 1. The summed E-state index contributed by atoms with van der Waals surface area (Å²) in [6, 6.07) is 13.7. The highest BCUT2D eigenvalue weighted by molar-refractivity contribution is 5.94. The van der Waals surface area contributed by atoms with Gasteiger partial charge in [0.1, 0.15) is 0 Å². The maximum Gasteiger partial charge on any atom is 0.321 e. The Bertz CT molecular complexity index is 1080. The number of carbonyl (C=O) groups is 1. The molecule has 0 aliphatic heterocycles. The van der Waals surface area contributed by atoms with Gasteiger partial charge in [0.15, 0.2) is 0 Å². The average Bonchev–Trinajstić information content (AvgIpc) is 2.62. The fraction of sp³-hybridized carbons (Fsp3) is 0.250. The highest BCUT2D eigenvalue weighted by Gasteiger charge is 2.12. The molecule has 7 nitrogen and oxygen atoms in total. The number of H-pyrrole nitrogens is 1. The maximum atomic E-state index is 12.4. The number of para-hydroxylation sites is 2. The molecule has 2 N–H and O–H groups in total. The molecule has 0 radical (unpaired) electrons. The molecule has 1 atom stereocenters. The van der Waals surface area contributed by atoms with Crippen LogP contribution >= 0.6 is 0 Å². The molecule has 0 aliphatic carbocycles. The van der Waals surface area contributed by atoms with Gasteiger partial charge in [0.2, 0.25) is 0 Å². The van der Waals surface area contributed by atoms with E-state index in [-0.39, 0.29) is 11.9 Å². The molecule has 0 bridgehead atoms. The van der Waals surface area contributed by atoms with Crippen molar-refractivity contribution in [3.63, 3.8) is 0 Å². The molecule has 0 spiro atoms. The number of fused-ring (bicyclic) bond motifs is 1. The van der Waals surface area contributed by atoms with Crippen molar-refractivity contribution in [1.29, 1.82) is 0 Å². The first-order chi connectivity index (χ1) is 12.9. The summed E-state index contributed by atoms with van der Waals surface area (Å²) in [5.41, 5.74) is 0.839. The predicted octanol–water partition coefficient (Wildman–Crippen LogP) is 1.36. The molecule has 1 aromatic heterocycles. The Hall–Kier alpha value is -3.19. The van der Waals surface area contributed by atoms with Crippen LogP contribution in [0, 0.1) is 0 Å². The summed E-state index contributed by atoms with van der Waals surface area (Å²) in [6.07, 6.45) is 0. The van der Waals surface area contributed by atoms with Crippen LogP contribution in [0.1, 0.15) is 17.3 Å². The summed E-state index contributed by atoms with van der Waals surface area (Å²) < 4.78 is 1.35. The number of nitrogens with zero attached hydrogens (tertiary/aromatic N) is 2. The number of rotatable bonds is 5. The lowest BCUT2D eigenvalue weighted by atomic mass is 10.1. The second kappa shape index (κ2) is 7.59. The quantitative estimate of drug-likeness (QED) is 0.668. The standard InChI is InChI=1S/C20H22N4O3/c1-13(12-23(2)3)21-18(25)14-8-10-15(11-9-14)24-17-7-5-4-6-16(17)22-19(26)20(24)27/h4-11,13H,12H2,1-3H3,(H,21,25)(H,22,26). The van der Waals surface area contributed by atoms with Gasteiger partial charge in [-0.1, -0.05) is 12.1 Å². The zero-order valence-electron chi connectivity index (χ0n) is 15.5. The van der Waals surface area contributed by atoms with Crippen molar-refractivity contribution in [2.75, 3.05) is 20.6 Å². The van der Waals surface area contributed by atoms with Crippen molar-refractivity contribution in [1.82, 2.24) is 19.8 Å². The van der Waals surface area contributed by atoms with Crippen LogP contribution in [0.4, 0.5) is 0 Å². The molecule has 2 aromatic carbocycles. The second-order valence-electron chi connectivity index (χ2n) is 6.80. The number of hydrogen-bond donors (Lipinski definition) is 2. The normalized spacial score (nSPS) is 12.3. The first-order valence-corrected chi connectivity index (χ1v) is 8.67. The highest BCUT2D eigenvalue weighted by Crippen LogP contribution is 2.14. The number of nitrogens with one attached hydrogen (secondary N) is 2. The molecule has 0 aliphatic rings. The largest absolute Gasteiger partial charge is 0.348 e. The van der Waals surface area contributed by atoms with E-state index in [9.17, 15) is 14.4 Å². The Morgan fingerprint density at radius 3 is 2.44 bits per heavy atom. The minimum Gasteiger partial charge on any atom is -0.348 e. The van der Waals surface area contributed by atoms with Gasteiger partial charge in [-0.25, -0.2) is 0 Å². The molecule has 140 valence electrons. The van der Waals surface area contributed by atoms with Gasteiger partial charge in [0.05, 0.1) is 11.0 Å². The molecular formula is C20H22N4O3. The van der Waals surface area contributed by atoms with Gasteiger partial charge in [-0.05, 0) is 57.4 Å². The molecular weight excluding hydrogens is 344 g/mol. The van der Waals surface area contributed by atoms with E-state index in [1.807, 2.05) is 25.9 Å². The van der Waals surface area contributed by atoms with E-state index in [4.69, 9.17) is 0 Å². The molecule has 1 heterocycles. The van der Waals surface area contributed by atoms with E-state index in [0.717, 1.165) is 6.54 Å². The van der Waals surface area contributed by atoms with Gasteiger partial charge >= 0.3 is 11.1 Å². The summed E-state index contributed by atoms with van der Waals surface area (Å²) in [5, 5.41) is 2.93. The van der Waals surface area contributed by atoms with Gasteiger partial charge in [-0.2, -0.15) is 0 Å². The number of carbonyl (C=O) groups excluding carboxylic acids is 1. The Morgan fingerprint density at radius 2 is 1.78 bits per heavy atom. The first-order valence-electron chi connectivity index (χ1n) is 8.67. The van der Waals surface area contributed by atoms with Crippen molar-refractivity contribution >= 4 is 16.9 Å². The second-order valence-corrected chi connectivity index (χ2v) is 6.80. The number of likely N-dealkylation sites (N-methyl/N-ethyl adjacent to an activating group) is 1. The molecule has 1 unspecified atom stereocenters. The van der Waals surface area contributed by atoms with E-state index in [1.54, 1.807) is 48.5 Å². The average molecular weight is 366 g/mol. The summed E-state index contributed by atoms with van der Waals surface area (Å²) in [4.78, 5) is 41.3. The van der Waals surface area contributed by atoms with E-state index in [2.05, 4.69) is 10.3 Å². The van der Waals surface area contributed by atoms with E-state index in [1.165, 1.54) is 4.57 Å². The van der Waals surface area contributed by atoms with Crippen molar-refractivity contribution in [2.45, 2.75) is 13.0 Å². The summed E-state index contributed by atoms with van der Waals surface area (Å²) in [7, 11) is 3.89. The fourth-order valence-corrected chi connectivity index (χ4v) is 3.08. The zero-order valence-corrected chi connectivity index (χ0v) is 15.5. The van der Waals surface area contributed by atoms with Gasteiger partial charge in [0.25, 0.3) is 5.91 Å². The van der Waals surface area contributed by atoms with E-state index < -0.39 is 11.1 Å². The highest BCUT2D eigenvalue weighted by atomic mass is 16.2. The van der Waals surface area contributed by atoms with Gasteiger partial charge in [0, 0.05) is 23.8 Å². The van der Waals surface area contributed by atoms with Crippen LogP contribution in [0.3, 0.4) is 0 Å². The molecule has 7 heteroatoms. The predicted molar refractivity (Wildman–Crippen MR) is 106 cm³/mol. The summed E-state index contributed by atoms with van der Waals surface area (Å²) in [5.74, 6) is -0.181. The molecule has 0 saturated carbocycles. The van der Waals surface area contributed by atoms with Crippen molar-refractivity contribution < 1.29 is 4.79 Å². The summed E-state index contributed by atoms with van der Waals surface area (Å²) in [6.45, 7) is 2.67. The molecule has 0 saturated heterocycles. The topological polar surface area (TPSA) is 87.2 Å². The van der Waals surface area contributed by atoms with Gasteiger partial charge < -0.3 is 15.2 Å². The fourth-order valence-electron chi connectivity index (χ4n) is 3.08. The monoisotopic (exact) mass is 366 g/mol. The third kappa shape index (κ3) is 3.98. The number of aromatic nitrogens is 2. The first kappa shape index (κ1) is 18.6. The van der Waals surface area contributed by atoms with Crippen LogP contribution in [0.5, 0.6) is 0 Å². The van der Waals surface area contributed by atoms with Crippen LogP contribution < -0.4 is 16.4 Å². The molecule has 1 amide bonds. The van der Waals surface area contributed by atoms with E-state index >= 15 is 0 Å². The lowest BCUT2D eigenvalue weighted by molar-refractivity contribution is 0.0934. The molecule has 0 fully saturated rings. The Morgan fingerprint density at radius 1 is 1.11 bits per heavy atom. The minimum absolute atomic E-state index is 0.00595. The van der Waals surface area contributed by atoms with Crippen LogP contribution in [-0.2, 0) is 0 Å². The van der Waals surface area contributed by atoms with Crippen LogP contribution in [-0.4, -0.2) is 47.0 Å². The zero-order chi connectivity index (χ0) is 19.6. The SMILES string of the molecule is CC(CN(C)C)NC(=O)c1ccc(-n2c(=O)c(=O)[nH]c3ccccc32)cc1. The minimum atomic E-state index is -0.687. The lowest BCUT2D eigenvalue weighted by Gasteiger charge is -2.18. The Labute approximate surface area is 156 Å². The number of hydrogen-bond acceptors (Lipinski definition) is 4. The number of aromatic amines is 1. The van der Waals surface area contributed by atoms with Crippen LogP contribution in [0.25, 0.3) is 16.7 Å². The molecule has 3 aromatic rings. The third-order valence-corrected chi connectivity index (χ3v) is 4.19. The van der Waals surface area contributed by atoms with Gasteiger partial charge in [-0.15, -0.1) is 0 Å². The molecule has 27 heavy (non-hydrogen) atoms. The van der Waals surface area contributed by atoms with Gasteiger partial charge in [-0.3, -0.25) is 19.0 Å². The maximum absolute atomic E-state index is 12.4. The third-order valence-electron chi connectivity index (χ3n) is 4.19. The van der Waals surface area contributed by atoms with Crippen molar-refractivity contribution in [3.05, 3.63) is 74.8 Å². The van der Waals surface area contributed by atoms with E-state index in [0.29, 0.717) is 22.3 Å². The summed E-state index contributed by atoms with van der Waals surface area (Å²) >= 11 is 0. The Kier molecular flexibility index (Phi) is 5.23. The smallest absolute Gasteiger partial charge is 0.321 e. The van der Waals surface area contributed by atoms with Crippen LogP contribution in [0.2, 0.25) is 0 Å². The lowest BCUT2D eigenvalue weighted by Crippen LogP contribution is -2.39. The number of benzene rings is 2. The van der Waals surface area contributed by atoms with Crippen molar-refractivity contribution in [3.8, 4) is 5.69 Å². The Balaban J connectivity index is 1.94. The molecule has 3 rings (SSSR count). The van der Waals surface area contributed by atoms with Crippen LogP contribution in [0.15, 0.2) is 58.1 Å².